The molecule has 3 heterocycles. The van der Waals surface area contributed by atoms with Gasteiger partial charge in [-0.1, -0.05) is 83.1 Å². The van der Waals surface area contributed by atoms with E-state index in [1.165, 1.54) is 41.8 Å². The lowest BCUT2D eigenvalue weighted by atomic mass is 9.88. The molecule has 2 aromatic heterocycles. The Morgan fingerprint density at radius 1 is 0.842 bits per heavy atom. The summed E-state index contributed by atoms with van der Waals surface area (Å²) in [6.45, 7) is 16.4. The van der Waals surface area contributed by atoms with Crippen molar-refractivity contribution in [1.29, 1.82) is 0 Å². The van der Waals surface area contributed by atoms with E-state index in [4.69, 9.17) is 4.74 Å². The van der Waals surface area contributed by atoms with Crippen LogP contribution >= 0.6 is 22.7 Å². The minimum absolute atomic E-state index is 0.201. The highest BCUT2D eigenvalue weighted by Gasteiger charge is 2.20. The van der Waals surface area contributed by atoms with Crippen LogP contribution in [0, 0.1) is 5.92 Å². The first-order valence-corrected chi connectivity index (χ1v) is 15.6. The Kier molecular flexibility index (Phi) is 8.54. The van der Waals surface area contributed by atoms with Gasteiger partial charge in [0.25, 0.3) is 0 Å². The lowest BCUT2D eigenvalue weighted by Gasteiger charge is -2.27. The Balaban J connectivity index is 1.28. The summed E-state index contributed by atoms with van der Waals surface area (Å²) < 4.78 is 5.55. The normalized spacial score (nSPS) is 16.4. The summed E-state index contributed by atoms with van der Waals surface area (Å²) in [7, 11) is 0. The molecule has 5 rings (SSSR count). The van der Waals surface area contributed by atoms with Gasteiger partial charge in [-0.25, -0.2) is 0 Å². The summed E-state index contributed by atoms with van der Waals surface area (Å²) >= 11 is 3.90. The highest BCUT2D eigenvalue weighted by molar-refractivity contribution is 7.16. The van der Waals surface area contributed by atoms with E-state index in [0.717, 1.165) is 39.3 Å². The van der Waals surface area contributed by atoms with Crippen molar-refractivity contribution in [2.45, 2.75) is 58.9 Å². The van der Waals surface area contributed by atoms with E-state index >= 15 is 0 Å². The Hall–Kier alpha value is -2.24. The van der Waals surface area contributed by atoms with Gasteiger partial charge in [0.2, 0.25) is 0 Å². The van der Waals surface area contributed by atoms with Crippen molar-refractivity contribution in [2.75, 3.05) is 26.3 Å². The smallest absolute Gasteiger partial charge is 0.0594 e. The van der Waals surface area contributed by atoms with E-state index in [-0.39, 0.29) is 5.41 Å². The first-order valence-electron chi connectivity index (χ1n) is 14.0. The van der Waals surface area contributed by atoms with Crippen LogP contribution in [0.25, 0.3) is 20.9 Å². The molecule has 2 unspecified atom stereocenters. The Labute approximate surface area is 237 Å². The van der Waals surface area contributed by atoms with E-state index in [9.17, 15) is 0 Å². The third-order valence-corrected chi connectivity index (χ3v) is 10.7. The van der Waals surface area contributed by atoms with E-state index in [0.29, 0.717) is 11.8 Å². The highest BCUT2D eigenvalue weighted by atomic mass is 32.1. The predicted octanol–water partition coefficient (Wildman–Crippen LogP) is 9.26. The predicted molar refractivity (Wildman–Crippen MR) is 166 cm³/mol. The van der Waals surface area contributed by atoms with Crippen LogP contribution in [-0.4, -0.2) is 31.2 Å². The fourth-order valence-corrected chi connectivity index (χ4v) is 7.53. The van der Waals surface area contributed by atoms with E-state index in [2.05, 4.69) is 112 Å². The van der Waals surface area contributed by atoms with Gasteiger partial charge < -0.3 is 4.74 Å². The van der Waals surface area contributed by atoms with Crippen LogP contribution in [0.1, 0.15) is 61.4 Å². The molecule has 0 aliphatic carbocycles. The summed E-state index contributed by atoms with van der Waals surface area (Å²) in [6.07, 6.45) is 1.09. The first-order chi connectivity index (χ1) is 18.3. The number of thiophene rings is 2. The van der Waals surface area contributed by atoms with Crippen LogP contribution in [0.15, 0.2) is 72.8 Å². The van der Waals surface area contributed by atoms with E-state index in [1.807, 2.05) is 22.7 Å². The second-order valence-corrected chi connectivity index (χ2v) is 14.0. The molecular weight excluding hydrogens is 503 g/mol. The van der Waals surface area contributed by atoms with Gasteiger partial charge in [0.05, 0.1) is 13.2 Å². The number of ether oxygens (including phenoxy) is 1. The van der Waals surface area contributed by atoms with Gasteiger partial charge in [-0.05, 0) is 70.2 Å². The van der Waals surface area contributed by atoms with Crippen LogP contribution < -0.4 is 0 Å². The van der Waals surface area contributed by atoms with Gasteiger partial charge in [-0.2, -0.15) is 0 Å². The molecule has 0 radical (unpaired) electrons. The second-order valence-electron chi connectivity index (χ2n) is 11.8. The molecule has 0 bridgehead atoms. The van der Waals surface area contributed by atoms with Crippen molar-refractivity contribution in [3.8, 4) is 20.9 Å². The molecule has 0 saturated carbocycles. The van der Waals surface area contributed by atoms with Crippen molar-refractivity contribution in [1.82, 2.24) is 4.90 Å². The van der Waals surface area contributed by atoms with Crippen molar-refractivity contribution in [3.05, 3.63) is 93.7 Å². The molecule has 4 heteroatoms. The number of nitrogens with zero attached hydrogens (tertiary/aromatic N) is 1. The molecule has 1 aliphatic heterocycles. The van der Waals surface area contributed by atoms with Crippen LogP contribution in [0.4, 0.5) is 0 Å². The van der Waals surface area contributed by atoms with E-state index in [1.54, 1.807) is 0 Å². The number of hydrogen-bond acceptors (Lipinski definition) is 4. The monoisotopic (exact) mass is 543 g/mol. The maximum absolute atomic E-state index is 5.55. The highest BCUT2D eigenvalue weighted by Crippen LogP contribution is 2.39. The molecule has 2 atom stereocenters. The zero-order chi connectivity index (χ0) is 26.7. The number of rotatable bonds is 8. The van der Waals surface area contributed by atoms with Gasteiger partial charge in [0.15, 0.2) is 0 Å². The largest absolute Gasteiger partial charge is 0.379 e. The van der Waals surface area contributed by atoms with Crippen LogP contribution in [0.3, 0.4) is 0 Å². The fourth-order valence-electron chi connectivity index (χ4n) is 5.22. The summed E-state index contributed by atoms with van der Waals surface area (Å²) in [5.74, 6) is 1.08. The molecular formula is C34H41NOS2. The topological polar surface area (TPSA) is 12.5 Å². The van der Waals surface area contributed by atoms with Gasteiger partial charge in [0.1, 0.15) is 0 Å². The summed E-state index contributed by atoms with van der Waals surface area (Å²) in [4.78, 5) is 8.20. The van der Waals surface area contributed by atoms with Gasteiger partial charge in [0, 0.05) is 39.1 Å². The third-order valence-electron chi connectivity index (χ3n) is 7.82. The average Bonchev–Trinajstić information content (AvgIpc) is 3.60. The lowest BCUT2D eigenvalue weighted by Crippen LogP contribution is -2.35. The van der Waals surface area contributed by atoms with Crippen LogP contribution in [0.5, 0.6) is 0 Å². The molecule has 1 saturated heterocycles. The molecule has 0 spiro atoms. The Morgan fingerprint density at radius 3 is 2.37 bits per heavy atom. The fraction of sp³-hybridized carbons (Fsp3) is 0.412. The van der Waals surface area contributed by atoms with Crippen molar-refractivity contribution in [3.63, 3.8) is 0 Å². The molecule has 1 aliphatic rings. The molecule has 200 valence electrons. The standard InChI is InChI=1S/C34H41NOS2/c1-24(21-26-9-8-11-27(22-26)31-15-16-33(38-31)34(3,4)5)25(2)30-13-14-32(37-30)29-12-7-6-10-28(29)23-35-17-19-36-20-18-35/h6-16,22,24-25H,17-21,23H2,1-5H3. The minimum atomic E-state index is 0.201. The molecule has 1 fully saturated rings. The van der Waals surface area contributed by atoms with Crippen LogP contribution in [0.2, 0.25) is 0 Å². The van der Waals surface area contributed by atoms with E-state index < -0.39 is 0 Å². The SMILES string of the molecule is CC(Cc1cccc(-c2ccc(C(C)(C)C)s2)c1)C(C)c1ccc(-c2ccccc2CN2CCOCC2)s1. The average molecular weight is 544 g/mol. The zero-order valence-electron chi connectivity index (χ0n) is 23.5. The second kappa shape index (κ2) is 11.9. The molecule has 2 nitrogen and oxygen atoms in total. The number of benzene rings is 2. The molecule has 38 heavy (non-hydrogen) atoms. The summed E-state index contributed by atoms with van der Waals surface area (Å²) in [5, 5.41) is 0. The molecule has 0 amide bonds. The lowest BCUT2D eigenvalue weighted by molar-refractivity contribution is 0.0342. The minimum Gasteiger partial charge on any atom is -0.379 e. The maximum Gasteiger partial charge on any atom is 0.0594 e. The quantitative estimate of drug-likeness (QED) is 0.220. The van der Waals surface area contributed by atoms with Crippen LogP contribution in [-0.2, 0) is 23.1 Å². The summed E-state index contributed by atoms with van der Waals surface area (Å²) in [6, 6.07) is 27.4. The van der Waals surface area contributed by atoms with Gasteiger partial charge in [-0.3, -0.25) is 4.90 Å². The van der Waals surface area contributed by atoms with Gasteiger partial charge >= 0.3 is 0 Å². The molecule has 2 aromatic carbocycles. The van der Waals surface area contributed by atoms with Crippen molar-refractivity contribution in [2.24, 2.45) is 5.92 Å². The van der Waals surface area contributed by atoms with Crippen molar-refractivity contribution < 1.29 is 4.74 Å². The number of hydrogen-bond donors (Lipinski definition) is 0. The number of morpholine rings is 1. The van der Waals surface area contributed by atoms with Crippen molar-refractivity contribution >= 4 is 22.7 Å². The maximum atomic E-state index is 5.55. The third kappa shape index (κ3) is 6.48. The van der Waals surface area contributed by atoms with Gasteiger partial charge in [-0.15, -0.1) is 22.7 Å². The Bertz CT molecular complexity index is 1340. The molecule has 0 N–H and O–H groups in total. The first kappa shape index (κ1) is 27.3. The molecule has 4 aromatic rings. The Morgan fingerprint density at radius 2 is 1.61 bits per heavy atom. The summed E-state index contributed by atoms with van der Waals surface area (Å²) in [5.41, 5.74) is 5.78. The zero-order valence-corrected chi connectivity index (χ0v) is 25.1.